The SMILES string of the molecule is C=C/C=C\C(OCc1ccc2cc[nH]c2c1)=C(/C)OCc1ccc2cc[nH]c2c1. The second-order valence-electron chi connectivity index (χ2n) is 6.89. The lowest BCUT2D eigenvalue weighted by molar-refractivity contribution is 0.148. The van der Waals surface area contributed by atoms with Gasteiger partial charge < -0.3 is 19.4 Å². The molecule has 0 spiro atoms. The summed E-state index contributed by atoms with van der Waals surface area (Å²) >= 11 is 0. The van der Waals surface area contributed by atoms with E-state index < -0.39 is 0 Å². The van der Waals surface area contributed by atoms with Crippen LogP contribution in [0.15, 0.2) is 97.2 Å². The van der Waals surface area contributed by atoms with E-state index in [0.717, 1.165) is 27.9 Å². The van der Waals surface area contributed by atoms with Gasteiger partial charge in [0.2, 0.25) is 0 Å². The normalized spacial score (nSPS) is 12.4. The summed E-state index contributed by atoms with van der Waals surface area (Å²) in [7, 11) is 0. The maximum atomic E-state index is 6.06. The van der Waals surface area contributed by atoms with E-state index in [2.05, 4.69) is 65.1 Å². The summed E-state index contributed by atoms with van der Waals surface area (Å²) in [5, 5.41) is 2.38. The highest BCUT2D eigenvalue weighted by atomic mass is 16.5. The number of aromatic nitrogens is 2. The summed E-state index contributed by atoms with van der Waals surface area (Å²) in [6, 6.07) is 16.7. The fraction of sp³-hybridized carbons (Fsp3) is 0.120. The van der Waals surface area contributed by atoms with Gasteiger partial charge in [0.1, 0.15) is 19.0 Å². The minimum atomic E-state index is 0.459. The molecule has 4 aromatic rings. The van der Waals surface area contributed by atoms with Gasteiger partial charge in [0.05, 0.1) is 0 Å². The molecule has 2 aromatic heterocycles. The number of hydrogen-bond acceptors (Lipinski definition) is 2. The molecular formula is C25H24N2O2. The Morgan fingerprint density at radius 2 is 1.45 bits per heavy atom. The molecule has 0 aliphatic rings. The summed E-state index contributed by atoms with van der Waals surface area (Å²) in [4.78, 5) is 6.46. The Labute approximate surface area is 170 Å². The zero-order valence-electron chi connectivity index (χ0n) is 16.4. The molecule has 4 nitrogen and oxygen atoms in total. The van der Waals surface area contributed by atoms with Crippen LogP contribution in [0.1, 0.15) is 18.1 Å². The maximum absolute atomic E-state index is 6.06. The summed E-state index contributed by atoms with van der Waals surface area (Å²) in [6.07, 6.45) is 9.33. The summed E-state index contributed by atoms with van der Waals surface area (Å²) in [5.41, 5.74) is 4.40. The number of aromatic amines is 2. The lowest BCUT2D eigenvalue weighted by atomic mass is 10.2. The van der Waals surface area contributed by atoms with Crippen LogP contribution in [0.5, 0.6) is 0 Å². The molecule has 146 valence electrons. The fourth-order valence-electron chi connectivity index (χ4n) is 3.22. The van der Waals surface area contributed by atoms with Crippen molar-refractivity contribution in [1.29, 1.82) is 0 Å². The van der Waals surface area contributed by atoms with E-state index in [-0.39, 0.29) is 0 Å². The molecule has 0 saturated heterocycles. The molecule has 29 heavy (non-hydrogen) atoms. The quantitative estimate of drug-likeness (QED) is 0.274. The van der Waals surface area contributed by atoms with Crippen molar-refractivity contribution in [3.8, 4) is 0 Å². The number of H-pyrrole nitrogens is 2. The van der Waals surface area contributed by atoms with Crippen molar-refractivity contribution < 1.29 is 9.47 Å². The molecular weight excluding hydrogens is 360 g/mol. The topological polar surface area (TPSA) is 50.0 Å². The highest BCUT2D eigenvalue weighted by Gasteiger charge is 2.06. The van der Waals surface area contributed by atoms with E-state index in [1.54, 1.807) is 6.08 Å². The Morgan fingerprint density at radius 3 is 2.03 bits per heavy atom. The summed E-state index contributed by atoms with van der Waals surface area (Å²) in [6.45, 7) is 6.60. The Morgan fingerprint density at radius 1 is 0.862 bits per heavy atom. The van der Waals surface area contributed by atoms with E-state index in [1.165, 1.54) is 10.8 Å². The molecule has 0 bridgehead atoms. The van der Waals surface area contributed by atoms with Gasteiger partial charge in [-0.15, -0.1) is 0 Å². The van der Waals surface area contributed by atoms with E-state index in [4.69, 9.17) is 9.47 Å². The van der Waals surface area contributed by atoms with Gasteiger partial charge in [-0.3, -0.25) is 0 Å². The first kappa shape index (κ1) is 18.7. The second-order valence-corrected chi connectivity index (χ2v) is 6.89. The minimum absolute atomic E-state index is 0.459. The van der Waals surface area contributed by atoms with Crippen LogP contribution in [0.25, 0.3) is 21.8 Å². The van der Waals surface area contributed by atoms with Crippen molar-refractivity contribution in [1.82, 2.24) is 9.97 Å². The number of allylic oxidation sites excluding steroid dienone is 4. The molecule has 0 amide bonds. The maximum Gasteiger partial charge on any atom is 0.157 e. The van der Waals surface area contributed by atoms with Gasteiger partial charge in [-0.1, -0.05) is 43.0 Å². The Bertz CT molecular complexity index is 1190. The predicted molar refractivity (Wildman–Crippen MR) is 118 cm³/mol. The van der Waals surface area contributed by atoms with Crippen molar-refractivity contribution in [2.24, 2.45) is 0 Å². The first-order valence-corrected chi connectivity index (χ1v) is 9.60. The fourth-order valence-corrected chi connectivity index (χ4v) is 3.22. The zero-order chi connectivity index (χ0) is 20.1. The van der Waals surface area contributed by atoms with Crippen molar-refractivity contribution in [2.45, 2.75) is 20.1 Å². The molecule has 0 fully saturated rings. The average molecular weight is 384 g/mol. The van der Waals surface area contributed by atoms with Gasteiger partial charge in [0, 0.05) is 23.4 Å². The van der Waals surface area contributed by atoms with Gasteiger partial charge in [-0.05, 0) is 59.2 Å². The Balaban J connectivity index is 1.46. The first-order valence-electron chi connectivity index (χ1n) is 9.60. The van der Waals surface area contributed by atoms with Gasteiger partial charge in [-0.25, -0.2) is 0 Å². The molecule has 0 aliphatic carbocycles. The molecule has 4 rings (SSSR count). The van der Waals surface area contributed by atoms with Crippen LogP contribution >= 0.6 is 0 Å². The van der Waals surface area contributed by atoms with Crippen molar-refractivity contribution >= 4 is 21.8 Å². The number of fused-ring (bicyclic) bond motifs is 2. The predicted octanol–water partition coefficient (Wildman–Crippen LogP) is 6.36. The lowest BCUT2D eigenvalue weighted by Crippen LogP contribution is -1.99. The van der Waals surface area contributed by atoms with Crippen molar-refractivity contribution in [2.75, 3.05) is 0 Å². The van der Waals surface area contributed by atoms with Crippen LogP contribution in [0.3, 0.4) is 0 Å². The largest absolute Gasteiger partial charge is 0.490 e. The Kier molecular flexibility index (Phi) is 5.52. The zero-order valence-corrected chi connectivity index (χ0v) is 16.4. The average Bonchev–Trinajstić information content (AvgIpc) is 3.40. The third-order valence-corrected chi connectivity index (χ3v) is 4.82. The number of nitrogens with one attached hydrogen (secondary N) is 2. The molecule has 0 saturated carbocycles. The third-order valence-electron chi connectivity index (χ3n) is 4.82. The first-order chi connectivity index (χ1) is 14.2. The number of benzene rings is 2. The van der Waals surface area contributed by atoms with Crippen LogP contribution in [0.4, 0.5) is 0 Å². The van der Waals surface area contributed by atoms with E-state index in [9.17, 15) is 0 Å². The minimum Gasteiger partial charge on any atom is -0.490 e. The second kappa shape index (κ2) is 8.57. The Hall–Kier alpha value is -3.66. The van der Waals surface area contributed by atoms with Crippen LogP contribution in [0, 0.1) is 0 Å². The molecule has 2 heterocycles. The number of hydrogen-bond donors (Lipinski definition) is 2. The van der Waals surface area contributed by atoms with Gasteiger partial charge in [0.25, 0.3) is 0 Å². The van der Waals surface area contributed by atoms with Gasteiger partial charge in [-0.2, -0.15) is 0 Å². The highest BCUT2D eigenvalue weighted by Crippen LogP contribution is 2.19. The third kappa shape index (κ3) is 4.43. The summed E-state index contributed by atoms with van der Waals surface area (Å²) in [5.74, 6) is 1.42. The molecule has 2 N–H and O–H groups in total. The lowest BCUT2D eigenvalue weighted by Gasteiger charge is -2.13. The van der Waals surface area contributed by atoms with Crippen molar-refractivity contribution in [3.05, 3.63) is 108 Å². The molecule has 4 heteroatoms. The summed E-state index contributed by atoms with van der Waals surface area (Å²) < 4.78 is 12.1. The highest BCUT2D eigenvalue weighted by molar-refractivity contribution is 5.80. The molecule has 0 aliphatic heterocycles. The van der Waals surface area contributed by atoms with Crippen LogP contribution in [-0.4, -0.2) is 9.97 Å². The van der Waals surface area contributed by atoms with Gasteiger partial charge >= 0.3 is 0 Å². The smallest absolute Gasteiger partial charge is 0.157 e. The standard InChI is InChI=1S/C25H24N2O2/c1-3-4-5-25(29-17-20-7-9-22-11-13-27-24(22)15-20)18(2)28-16-19-6-8-21-10-12-26-23(21)14-19/h3-15,26-27H,1,16-17H2,2H3/b5-4-,25-18-. The molecule has 0 radical (unpaired) electrons. The number of ether oxygens (including phenoxy) is 2. The van der Waals surface area contributed by atoms with E-state index >= 15 is 0 Å². The van der Waals surface area contributed by atoms with Gasteiger partial charge in [0.15, 0.2) is 5.76 Å². The van der Waals surface area contributed by atoms with Crippen LogP contribution in [-0.2, 0) is 22.7 Å². The molecule has 0 atom stereocenters. The van der Waals surface area contributed by atoms with E-state index in [0.29, 0.717) is 19.0 Å². The van der Waals surface area contributed by atoms with Crippen LogP contribution < -0.4 is 0 Å². The van der Waals surface area contributed by atoms with Crippen LogP contribution in [0.2, 0.25) is 0 Å². The molecule has 2 aromatic carbocycles. The van der Waals surface area contributed by atoms with E-state index in [1.807, 2.05) is 31.5 Å². The number of rotatable bonds is 8. The van der Waals surface area contributed by atoms with Crippen molar-refractivity contribution in [3.63, 3.8) is 0 Å². The molecule has 0 unspecified atom stereocenters. The monoisotopic (exact) mass is 384 g/mol.